The van der Waals surface area contributed by atoms with E-state index in [0.717, 1.165) is 0 Å². The fourth-order valence-corrected chi connectivity index (χ4v) is 3.42. The van der Waals surface area contributed by atoms with E-state index in [9.17, 15) is 33.6 Å². The zero-order valence-corrected chi connectivity index (χ0v) is 20.4. The van der Waals surface area contributed by atoms with Gasteiger partial charge in [0.2, 0.25) is 35.4 Å². The van der Waals surface area contributed by atoms with Crippen molar-refractivity contribution in [3.05, 3.63) is 0 Å². The molecule has 0 unspecified atom stereocenters. The fourth-order valence-electron chi connectivity index (χ4n) is 3.42. The molecule has 3 atom stereocenters. The summed E-state index contributed by atoms with van der Waals surface area (Å²) < 4.78 is 0. The van der Waals surface area contributed by atoms with Crippen LogP contribution in [0.15, 0.2) is 0 Å². The number of primary amides is 1. The molecular weight excluding hydrogens is 478 g/mol. The highest BCUT2D eigenvalue weighted by atomic mass is 16.4. The van der Waals surface area contributed by atoms with Crippen molar-refractivity contribution in [2.75, 3.05) is 26.2 Å². The molecule has 0 aromatic rings. The highest BCUT2D eigenvalue weighted by molar-refractivity contribution is 5.93. The summed E-state index contributed by atoms with van der Waals surface area (Å²) in [5, 5.41) is 18.6. The third-order valence-corrected chi connectivity index (χ3v) is 5.45. The molecule has 0 radical (unpaired) electrons. The van der Waals surface area contributed by atoms with Gasteiger partial charge in [0, 0.05) is 13.0 Å². The zero-order valence-electron chi connectivity index (χ0n) is 20.4. The number of hydrogen-bond acceptors (Lipinski definition) is 8. The van der Waals surface area contributed by atoms with Crippen molar-refractivity contribution < 1.29 is 38.7 Å². The maximum Gasteiger partial charge on any atom is 0.326 e. The highest BCUT2D eigenvalue weighted by Gasteiger charge is 2.33. The van der Waals surface area contributed by atoms with Crippen LogP contribution in [0.2, 0.25) is 0 Å². The van der Waals surface area contributed by atoms with Crippen LogP contribution < -0.4 is 32.7 Å². The number of amides is 6. The summed E-state index contributed by atoms with van der Waals surface area (Å²) >= 11 is 0. The van der Waals surface area contributed by atoms with Crippen molar-refractivity contribution in [1.29, 1.82) is 0 Å². The predicted octanol–water partition coefficient (Wildman–Crippen LogP) is -3.86. The van der Waals surface area contributed by atoms with E-state index < -0.39 is 79.2 Å². The maximum absolute atomic E-state index is 12.5. The minimum absolute atomic E-state index is 0.0195. The number of nitrogens with zero attached hydrogens (tertiary/aromatic N) is 1. The monoisotopic (exact) mass is 513 g/mol. The lowest BCUT2D eigenvalue weighted by Crippen LogP contribution is -2.54. The van der Waals surface area contributed by atoms with Crippen molar-refractivity contribution in [3.8, 4) is 0 Å². The summed E-state index contributed by atoms with van der Waals surface area (Å²) in [5.74, 6) is -5.28. The average Bonchev–Trinajstić information content (AvgIpc) is 3.31. The second kappa shape index (κ2) is 14.6. The molecule has 202 valence electrons. The van der Waals surface area contributed by atoms with Gasteiger partial charge in [-0.25, -0.2) is 4.79 Å². The Bertz CT molecular complexity index is 863. The van der Waals surface area contributed by atoms with Gasteiger partial charge in [-0.15, -0.1) is 0 Å². The minimum Gasteiger partial charge on any atom is -0.480 e. The van der Waals surface area contributed by atoms with E-state index in [-0.39, 0.29) is 25.3 Å². The molecule has 1 heterocycles. The molecule has 1 fully saturated rings. The van der Waals surface area contributed by atoms with Crippen LogP contribution in [-0.2, 0) is 33.6 Å². The lowest BCUT2D eigenvalue weighted by Gasteiger charge is -2.22. The van der Waals surface area contributed by atoms with Crippen molar-refractivity contribution in [2.24, 2.45) is 17.4 Å². The highest BCUT2D eigenvalue weighted by Crippen LogP contribution is 2.17. The van der Waals surface area contributed by atoms with Crippen LogP contribution in [0.4, 0.5) is 0 Å². The normalized spacial score (nSPS) is 16.6. The number of carbonyl (C=O) groups excluding carboxylic acids is 6. The Kier molecular flexibility index (Phi) is 12.3. The number of carbonyl (C=O) groups is 7. The predicted molar refractivity (Wildman–Crippen MR) is 125 cm³/mol. The van der Waals surface area contributed by atoms with Crippen molar-refractivity contribution >= 4 is 41.4 Å². The van der Waals surface area contributed by atoms with Gasteiger partial charge in [-0.2, -0.15) is 0 Å². The molecule has 1 rings (SSSR count). The summed E-state index contributed by atoms with van der Waals surface area (Å²) in [5.41, 5.74) is 10.6. The summed E-state index contributed by atoms with van der Waals surface area (Å²) in [7, 11) is 0. The first-order valence-corrected chi connectivity index (χ1v) is 11.5. The molecule has 0 saturated carbocycles. The lowest BCUT2D eigenvalue weighted by molar-refractivity contribution is -0.148. The standard InChI is InChI=1S/C21H35N7O8/c1-11(2)18(27-16(31)9-25-19(33)12(22)5-6-14(23)29)20(34)26-8-15(30)24-10-17(32)28-7-3-4-13(28)21(35)36/h11-13,18H,3-10,22H2,1-2H3,(H2,23,29)(H,24,30)(H,25,33)(H,26,34)(H,27,31)(H,35,36)/t12-,13-,18-/m0/s1. The van der Waals surface area contributed by atoms with Gasteiger partial charge in [-0.3, -0.25) is 28.8 Å². The number of hydrogen-bond donors (Lipinski definition) is 7. The minimum atomic E-state index is -1.10. The van der Waals surface area contributed by atoms with Gasteiger partial charge in [0.15, 0.2) is 0 Å². The second-order valence-electron chi connectivity index (χ2n) is 8.70. The Morgan fingerprint density at radius 1 is 0.944 bits per heavy atom. The molecule has 15 nitrogen and oxygen atoms in total. The molecule has 0 spiro atoms. The Balaban J connectivity index is 2.45. The van der Waals surface area contributed by atoms with Gasteiger partial charge < -0.3 is 42.7 Å². The molecule has 36 heavy (non-hydrogen) atoms. The molecule has 9 N–H and O–H groups in total. The molecule has 1 aliphatic rings. The number of rotatable bonds is 14. The van der Waals surface area contributed by atoms with Crippen LogP contribution in [-0.4, -0.2) is 95.7 Å². The Morgan fingerprint density at radius 3 is 2.14 bits per heavy atom. The van der Waals surface area contributed by atoms with Crippen molar-refractivity contribution in [3.63, 3.8) is 0 Å². The van der Waals surface area contributed by atoms with Crippen LogP contribution in [0.5, 0.6) is 0 Å². The largest absolute Gasteiger partial charge is 0.480 e. The first-order chi connectivity index (χ1) is 16.8. The third-order valence-electron chi connectivity index (χ3n) is 5.45. The summed E-state index contributed by atoms with van der Waals surface area (Å²) in [6.07, 6.45) is 0.838. The quantitative estimate of drug-likeness (QED) is 0.120. The van der Waals surface area contributed by atoms with Gasteiger partial charge in [-0.1, -0.05) is 13.8 Å². The lowest BCUT2D eigenvalue weighted by atomic mass is 10.0. The van der Waals surface area contributed by atoms with Crippen LogP contribution in [0, 0.1) is 5.92 Å². The van der Waals surface area contributed by atoms with Crippen LogP contribution in [0.3, 0.4) is 0 Å². The smallest absolute Gasteiger partial charge is 0.326 e. The SMILES string of the molecule is CC(C)[C@H](NC(=O)CNC(=O)[C@@H](N)CCC(N)=O)C(=O)NCC(=O)NCC(=O)N1CCC[C@H]1C(=O)O. The number of nitrogens with one attached hydrogen (secondary N) is 4. The van der Waals surface area contributed by atoms with Gasteiger partial charge in [0.1, 0.15) is 12.1 Å². The molecule has 0 aromatic heterocycles. The van der Waals surface area contributed by atoms with E-state index in [4.69, 9.17) is 16.6 Å². The first kappa shape index (κ1) is 30.3. The Hall–Kier alpha value is -3.75. The molecule has 1 aliphatic heterocycles. The zero-order chi connectivity index (χ0) is 27.4. The van der Waals surface area contributed by atoms with Crippen LogP contribution in [0.1, 0.15) is 39.5 Å². The number of nitrogens with two attached hydrogens (primary N) is 2. The number of carboxylic acid groups (broad SMARTS) is 1. The van der Waals surface area contributed by atoms with E-state index in [1.807, 2.05) is 0 Å². The summed E-state index contributed by atoms with van der Waals surface area (Å²) in [4.78, 5) is 83.9. The molecule has 0 bridgehead atoms. The summed E-state index contributed by atoms with van der Waals surface area (Å²) in [6.45, 7) is 2.27. The van der Waals surface area contributed by atoms with Gasteiger partial charge >= 0.3 is 5.97 Å². The Morgan fingerprint density at radius 2 is 1.56 bits per heavy atom. The topological polar surface area (TPSA) is 243 Å². The van der Waals surface area contributed by atoms with Crippen LogP contribution >= 0.6 is 0 Å². The second-order valence-corrected chi connectivity index (χ2v) is 8.70. The molecular formula is C21H35N7O8. The Labute approximate surface area is 208 Å². The van der Waals surface area contributed by atoms with Crippen molar-refractivity contribution in [2.45, 2.75) is 57.7 Å². The molecule has 15 heteroatoms. The van der Waals surface area contributed by atoms with Crippen LogP contribution in [0.25, 0.3) is 0 Å². The average molecular weight is 514 g/mol. The summed E-state index contributed by atoms with van der Waals surface area (Å²) in [6, 6.07) is -2.96. The molecule has 6 amide bonds. The van der Waals surface area contributed by atoms with E-state index in [2.05, 4.69) is 21.3 Å². The van der Waals surface area contributed by atoms with E-state index >= 15 is 0 Å². The van der Waals surface area contributed by atoms with Crippen molar-refractivity contribution in [1.82, 2.24) is 26.2 Å². The number of aliphatic carboxylic acids is 1. The van der Waals surface area contributed by atoms with E-state index in [1.54, 1.807) is 13.8 Å². The fraction of sp³-hybridized carbons (Fsp3) is 0.667. The molecule has 0 aliphatic carbocycles. The van der Waals surface area contributed by atoms with E-state index in [1.165, 1.54) is 4.90 Å². The first-order valence-electron chi connectivity index (χ1n) is 11.5. The molecule has 0 aromatic carbocycles. The van der Waals surface area contributed by atoms with Gasteiger partial charge in [-0.05, 0) is 25.2 Å². The van der Waals surface area contributed by atoms with Gasteiger partial charge in [0.25, 0.3) is 0 Å². The maximum atomic E-state index is 12.5. The number of carboxylic acids is 1. The number of likely N-dealkylation sites (tertiary alicyclic amines) is 1. The molecule has 1 saturated heterocycles. The third kappa shape index (κ3) is 10.2. The van der Waals surface area contributed by atoms with E-state index in [0.29, 0.717) is 12.8 Å². The van der Waals surface area contributed by atoms with Gasteiger partial charge in [0.05, 0.1) is 25.7 Å².